The molecule has 74 valence electrons. The predicted molar refractivity (Wildman–Crippen MR) is 44.7 cm³/mol. The van der Waals surface area contributed by atoms with Crippen LogP contribution in [0.3, 0.4) is 0 Å². The second kappa shape index (κ2) is 5.37. The number of aliphatic hydroxyl groups excluding tert-OH is 1. The molecule has 13 heavy (non-hydrogen) atoms. The summed E-state index contributed by atoms with van der Waals surface area (Å²) in [5.41, 5.74) is 0. The second-order valence-corrected chi connectivity index (χ2v) is 2.06. The van der Waals surface area contributed by atoms with Gasteiger partial charge in [-0.15, -0.1) is 0 Å². The first-order valence-corrected chi connectivity index (χ1v) is 3.72. The summed E-state index contributed by atoms with van der Waals surface area (Å²) >= 11 is 0. The lowest BCUT2D eigenvalue weighted by Gasteiger charge is -2.03. The fourth-order valence-electron chi connectivity index (χ4n) is 0.500. The first-order valence-electron chi connectivity index (χ1n) is 3.25. The summed E-state index contributed by atoms with van der Waals surface area (Å²) in [7, 11) is 1.61. The minimum atomic E-state index is -1.56. The van der Waals surface area contributed by atoms with Gasteiger partial charge < -0.3 is 19.5 Å². The fourth-order valence-corrected chi connectivity index (χ4v) is 0.712. The Balaban J connectivity index is 4.74. The largest absolute Gasteiger partial charge is 0.499 e. The van der Waals surface area contributed by atoms with Crippen molar-refractivity contribution in [1.29, 1.82) is 0 Å². The number of hydrogen-bond acceptors (Lipinski definition) is 5. The van der Waals surface area contributed by atoms with E-state index in [9.17, 15) is 9.59 Å². The first-order chi connectivity index (χ1) is 6.04. The minimum Gasteiger partial charge on any atom is -0.499 e. The van der Waals surface area contributed by atoms with Gasteiger partial charge in [0.25, 0.3) is 11.5 Å². The van der Waals surface area contributed by atoms with Crippen LogP contribution >= 0.6 is 9.47 Å². The Labute approximate surface area is 76.4 Å². The van der Waals surface area contributed by atoms with Crippen LogP contribution in [-0.4, -0.2) is 28.8 Å². The molecular formula is C6H9O6P. The first kappa shape index (κ1) is 11.7. The highest BCUT2D eigenvalue weighted by molar-refractivity contribution is 7.10. The minimum absolute atomic E-state index is 0.0344. The highest BCUT2D eigenvalue weighted by atomic mass is 31.0. The van der Waals surface area contributed by atoms with Gasteiger partial charge in [0.05, 0.1) is 16.1 Å². The lowest BCUT2D eigenvalue weighted by molar-refractivity contribution is -0.144. The van der Waals surface area contributed by atoms with Crippen LogP contribution in [0.4, 0.5) is 0 Å². The molecule has 1 unspecified atom stereocenters. The van der Waals surface area contributed by atoms with Crippen LogP contribution in [0.1, 0.15) is 6.92 Å². The maximum absolute atomic E-state index is 10.8. The van der Waals surface area contributed by atoms with E-state index in [1.807, 2.05) is 0 Å². The van der Waals surface area contributed by atoms with Gasteiger partial charge in [-0.3, -0.25) is 0 Å². The van der Waals surface area contributed by atoms with E-state index in [1.54, 1.807) is 9.47 Å². The Hall–Kier alpha value is -1.29. The lowest BCUT2D eigenvalue weighted by Crippen LogP contribution is -2.14. The molecule has 2 N–H and O–H groups in total. The third-order valence-corrected chi connectivity index (χ3v) is 1.23. The number of carbonyl (C=O) groups is 2. The van der Waals surface area contributed by atoms with Crippen LogP contribution in [0.15, 0.2) is 11.5 Å². The molecule has 0 saturated carbocycles. The molecule has 0 aliphatic rings. The number of aliphatic carboxylic acids is 1. The van der Waals surface area contributed by atoms with Crippen molar-refractivity contribution in [2.75, 3.05) is 6.61 Å². The third kappa shape index (κ3) is 3.29. The maximum atomic E-state index is 10.8. The van der Waals surface area contributed by atoms with E-state index in [4.69, 9.17) is 10.2 Å². The Morgan fingerprint density at radius 3 is 2.23 bits per heavy atom. The van der Waals surface area contributed by atoms with E-state index in [0.717, 1.165) is 0 Å². The van der Waals surface area contributed by atoms with Gasteiger partial charge in [-0.1, -0.05) is 0 Å². The van der Waals surface area contributed by atoms with Crippen LogP contribution in [0.5, 0.6) is 0 Å². The van der Waals surface area contributed by atoms with Crippen LogP contribution in [0, 0.1) is 0 Å². The van der Waals surface area contributed by atoms with Gasteiger partial charge >= 0.3 is 11.9 Å². The van der Waals surface area contributed by atoms with Gasteiger partial charge in [0.2, 0.25) is 0 Å². The number of hydrogen-bond donors (Lipinski definition) is 2. The molecule has 7 heteroatoms. The van der Waals surface area contributed by atoms with Gasteiger partial charge in [-0.05, 0) is 6.92 Å². The molecule has 0 saturated heterocycles. The number of rotatable bonds is 4. The standard InChI is InChI=1S/C6H9O6P/c1-2-11-6(10)3(7)4(12-13)5(8)9/h7H,2,13H2,1H3,(H,8,9)/b4-3-. The van der Waals surface area contributed by atoms with Gasteiger partial charge in [0, 0.05) is 0 Å². The average Bonchev–Trinajstić information content (AvgIpc) is 2.05. The molecule has 0 aromatic rings. The van der Waals surface area contributed by atoms with Crippen molar-refractivity contribution in [1.82, 2.24) is 0 Å². The molecule has 0 aliphatic carbocycles. The summed E-state index contributed by atoms with van der Waals surface area (Å²) in [5.74, 6) is -4.63. The molecule has 1 atom stereocenters. The van der Waals surface area contributed by atoms with Crippen LogP contribution in [0.25, 0.3) is 0 Å². The highest BCUT2D eigenvalue weighted by Crippen LogP contribution is 2.09. The lowest BCUT2D eigenvalue weighted by atomic mass is 10.4. The highest BCUT2D eigenvalue weighted by Gasteiger charge is 2.21. The number of carbonyl (C=O) groups excluding carboxylic acids is 1. The van der Waals surface area contributed by atoms with Crippen molar-refractivity contribution in [3.05, 3.63) is 11.5 Å². The van der Waals surface area contributed by atoms with Crippen LogP contribution < -0.4 is 0 Å². The van der Waals surface area contributed by atoms with Gasteiger partial charge in [-0.2, -0.15) is 0 Å². The molecule has 6 nitrogen and oxygen atoms in total. The molecule has 0 amide bonds. The molecule has 0 rings (SSSR count). The smallest absolute Gasteiger partial charge is 0.377 e. The second-order valence-electron chi connectivity index (χ2n) is 1.82. The van der Waals surface area contributed by atoms with Crippen molar-refractivity contribution in [2.45, 2.75) is 6.92 Å². The molecule has 0 bridgehead atoms. The van der Waals surface area contributed by atoms with Crippen LogP contribution in [0.2, 0.25) is 0 Å². The van der Waals surface area contributed by atoms with Crippen molar-refractivity contribution in [2.24, 2.45) is 0 Å². The molecule has 0 fully saturated rings. The topological polar surface area (TPSA) is 93.1 Å². The molecule has 0 aromatic carbocycles. The summed E-state index contributed by atoms with van der Waals surface area (Å²) in [5, 5.41) is 17.4. The Kier molecular flexibility index (Phi) is 4.84. The molecule has 0 radical (unpaired) electrons. The van der Waals surface area contributed by atoms with Crippen LogP contribution in [-0.2, 0) is 18.8 Å². The predicted octanol–water partition coefficient (Wildman–Crippen LogP) is 0.210. The zero-order valence-corrected chi connectivity index (χ0v) is 7.97. The van der Waals surface area contributed by atoms with E-state index in [0.29, 0.717) is 0 Å². The normalized spacial score (nSPS) is 11.5. The number of carboxylic acids is 1. The monoisotopic (exact) mass is 208 g/mol. The summed E-state index contributed by atoms with van der Waals surface area (Å²) in [6.45, 7) is 1.56. The number of esters is 1. The van der Waals surface area contributed by atoms with Crippen molar-refractivity contribution >= 4 is 21.4 Å². The molecule has 0 spiro atoms. The number of aliphatic hydroxyl groups is 1. The van der Waals surface area contributed by atoms with E-state index in [2.05, 4.69) is 9.26 Å². The maximum Gasteiger partial charge on any atom is 0.377 e. The fraction of sp³-hybridized carbons (Fsp3) is 0.333. The van der Waals surface area contributed by atoms with Gasteiger partial charge in [0.1, 0.15) is 0 Å². The zero-order chi connectivity index (χ0) is 10.4. The van der Waals surface area contributed by atoms with E-state index >= 15 is 0 Å². The van der Waals surface area contributed by atoms with Crippen molar-refractivity contribution in [3.63, 3.8) is 0 Å². The average molecular weight is 208 g/mol. The Morgan fingerprint density at radius 2 is 1.92 bits per heavy atom. The quantitative estimate of drug-likeness (QED) is 0.297. The molecule has 0 heterocycles. The van der Waals surface area contributed by atoms with Gasteiger partial charge in [-0.25, -0.2) is 9.59 Å². The van der Waals surface area contributed by atoms with Crippen molar-refractivity contribution in [3.8, 4) is 0 Å². The van der Waals surface area contributed by atoms with Crippen molar-refractivity contribution < 1.29 is 29.1 Å². The Bertz CT molecular complexity index is 246. The van der Waals surface area contributed by atoms with E-state index in [1.165, 1.54) is 6.92 Å². The summed E-state index contributed by atoms with van der Waals surface area (Å²) in [4.78, 5) is 21.1. The summed E-state index contributed by atoms with van der Waals surface area (Å²) in [6.07, 6.45) is 0. The Morgan fingerprint density at radius 1 is 1.38 bits per heavy atom. The zero-order valence-electron chi connectivity index (χ0n) is 6.81. The van der Waals surface area contributed by atoms with Gasteiger partial charge in [0.15, 0.2) is 0 Å². The third-order valence-electron chi connectivity index (χ3n) is 0.996. The molecular weight excluding hydrogens is 199 g/mol. The van der Waals surface area contributed by atoms with E-state index < -0.39 is 23.5 Å². The molecule has 0 aromatic heterocycles. The van der Waals surface area contributed by atoms with E-state index in [-0.39, 0.29) is 6.61 Å². The molecule has 0 aliphatic heterocycles. The number of carboxylic acid groups (broad SMARTS) is 1. The summed E-state index contributed by atoms with van der Waals surface area (Å²) < 4.78 is 8.52. The summed E-state index contributed by atoms with van der Waals surface area (Å²) in [6, 6.07) is 0. The number of ether oxygens (including phenoxy) is 1. The SMILES string of the molecule is CCOC(=O)/C(O)=C(/OP)C(=O)O.